The van der Waals surface area contributed by atoms with Crippen molar-refractivity contribution in [1.29, 1.82) is 0 Å². The van der Waals surface area contributed by atoms with E-state index >= 15 is 0 Å². The quantitative estimate of drug-likeness (QED) is 0.366. The molecule has 3 aromatic rings. The molecule has 2 aromatic heterocycles. The number of nitrogen functional groups attached to an aromatic ring is 1. The van der Waals surface area contributed by atoms with Crippen LogP contribution in [0.4, 0.5) is 17.3 Å². The van der Waals surface area contributed by atoms with E-state index in [-0.39, 0.29) is 36.6 Å². The minimum atomic E-state index is -2.80. The number of pyridine rings is 2. The molecule has 1 saturated heterocycles. The van der Waals surface area contributed by atoms with Crippen LogP contribution in [0, 0.1) is 0 Å². The second kappa shape index (κ2) is 9.95. The Labute approximate surface area is 209 Å². The van der Waals surface area contributed by atoms with Gasteiger partial charge in [0, 0.05) is 49.9 Å². The Kier molecular flexibility index (Phi) is 6.95. The van der Waals surface area contributed by atoms with E-state index in [9.17, 15) is 28.6 Å². The number of fused-ring (bicyclic) bond motifs is 1. The SMILES string of the molecule is CN(C)c1ccc(N([C@H]2CCN([C@H](Cc3cc4ccnc(N)c4cc3O)C(=O)O)C2=O)S(=O)[O-])cn1. The van der Waals surface area contributed by atoms with Gasteiger partial charge in [0.25, 0.3) is 0 Å². The van der Waals surface area contributed by atoms with Gasteiger partial charge in [0.05, 0.1) is 11.9 Å². The molecular formula is C23H25N6O6S-. The van der Waals surface area contributed by atoms with Crippen molar-refractivity contribution in [2.75, 3.05) is 35.6 Å². The Hall–Kier alpha value is -3.97. The van der Waals surface area contributed by atoms with Gasteiger partial charge in [-0.05, 0) is 47.7 Å². The average Bonchev–Trinajstić information content (AvgIpc) is 3.19. The lowest BCUT2D eigenvalue weighted by molar-refractivity contribution is -0.148. The number of likely N-dealkylation sites (tertiary alicyclic amines) is 1. The van der Waals surface area contributed by atoms with Gasteiger partial charge in [-0.15, -0.1) is 0 Å². The molecule has 1 unspecified atom stereocenters. The lowest BCUT2D eigenvalue weighted by atomic mass is 10.00. The predicted molar refractivity (Wildman–Crippen MR) is 133 cm³/mol. The van der Waals surface area contributed by atoms with Gasteiger partial charge in [-0.1, -0.05) is 0 Å². The maximum atomic E-state index is 13.3. The van der Waals surface area contributed by atoms with Crippen molar-refractivity contribution in [2.24, 2.45) is 0 Å². The average molecular weight is 514 g/mol. The fourth-order valence-electron chi connectivity index (χ4n) is 4.34. The van der Waals surface area contributed by atoms with Crippen LogP contribution in [0.1, 0.15) is 12.0 Å². The van der Waals surface area contributed by atoms with E-state index in [1.165, 1.54) is 24.5 Å². The molecule has 36 heavy (non-hydrogen) atoms. The number of carboxylic acid groups (broad SMARTS) is 1. The Morgan fingerprint density at radius 1 is 1.31 bits per heavy atom. The number of carbonyl (C=O) groups excluding carboxylic acids is 1. The largest absolute Gasteiger partial charge is 0.755 e. The monoisotopic (exact) mass is 513 g/mol. The number of nitrogens with two attached hydrogens (primary N) is 1. The Morgan fingerprint density at radius 3 is 2.67 bits per heavy atom. The van der Waals surface area contributed by atoms with Gasteiger partial charge in [-0.3, -0.25) is 13.3 Å². The van der Waals surface area contributed by atoms with E-state index in [1.807, 2.05) is 0 Å². The molecule has 1 aromatic carbocycles. The van der Waals surface area contributed by atoms with Crippen LogP contribution >= 0.6 is 0 Å². The van der Waals surface area contributed by atoms with E-state index in [0.717, 1.165) is 9.21 Å². The molecule has 12 nitrogen and oxygen atoms in total. The van der Waals surface area contributed by atoms with Crippen LogP contribution in [0.15, 0.2) is 42.7 Å². The van der Waals surface area contributed by atoms with Crippen molar-refractivity contribution in [3.8, 4) is 5.75 Å². The molecule has 1 amide bonds. The van der Waals surface area contributed by atoms with Crippen LogP contribution in [0.2, 0.25) is 0 Å². The highest BCUT2D eigenvalue weighted by Crippen LogP contribution is 2.31. The lowest BCUT2D eigenvalue weighted by Gasteiger charge is -2.32. The van der Waals surface area contributed by atoms with Crippen LogP contribution in [0.25, 0.3) is 10.8 Å². The Morgan fingerprint density at radius 2 is 2.06 bits per heavy atom. The maximum absolute atomic E-state index is 13.3. The first-order valence-corrected chi connectivity index (χ1v) is 12.0. The smallest absolute Gasteiger partial charge is 0.326 e. The number of amides is 1. The summed E-state index contributed by atoms with van der Waals surface area (Å²) in [7, 11) is 3.57. The lowest BCUT2D eigenvalue weighted by Crippen LogP contribution is -2.48. The number of carboxylic acids is 1. The number of benzene rings is 1. The molecule has 3 atom stereocenters. The molecule has 190 valence electrons. The van der Waals surface area contributed by atoms with Gasteiger partial charge in [0.2, 0.25) is 5.91 Å². The zero-order valence-corrected chi connectivity index (χ0v) is 20.4. The van der Waals surface area contributed by atoms with E-state index in [4.69, 9.17) is 5.73 Å². The number of carbonyl (C=O) groups is 2. The normalized spacial score (nSPS) is 17.2. The summed E-state index contributed by atoms with van der Waals surface area (Å²) in [6.07, 6.45) is 2.76. The van der Waals surface area contributed by atoms with Crippen LogP contribution in [-0.2, 0) is 27.3 Å². The minimum Gasteiger partial charge on any atom is -0.755 e. The third-order valence-electron chi connectivity index (χ3n) is 6.17. The number of aliphatic carboxylic acids is 1. The molecule has 4 rings (SSSR count). The van der Waals surface area contributed by atoms with Crippen molar-refractivity contribution < 1.29 is 28.6 Å². The van der Waals surface area contributed by atoms with E-state index in [2.05, 4.69) is 9.97 Å². The zero-order valence-electron chi connectivity index (χ0n) is 19.6. The van der Waals surface area contributed by atoms with Crippen LogP contribution in [0.3, 0.4) is 0 Å². The van der Waals surface area contributed by atoms with E-state index in [1.54, 1.807) is 37.2 Å². The number of aromatic nitrogens is 2. The first-order valence-electron chi connectivity index (χ1n) is 11.0. The number of hydrogen-bond acceptors (Lipinski definition) is 9. The van der Waals surface area contributed by atoms with Crippen molar-refractivity contribution in [3.63, 3.8) is 0 Å². The fourth-order valence-corrected chi connectivity index (χ4v) is 5.02. The van der Waals surface area contributed by atoms with Crippen LogP contribution in [0.5, 0.6) is 5.75 Å². The first kappa shape index (κ1) is 25.1. The summed E-state index contributed by atoms with van der Waals surface area (Å²) < 4.78 is 25.1. The molecule has 4 N–H and O–H groups in total. The second-order valence-electron chi connectivity index (χ2n) is 8.60. The van der Waals surface area contributed by atoms with Crippen molar-refractivity contribution >= 4 is 51.2 Å². The second-order valence-corrected chi connectivity index (χ2v) is 9.43. The summed E-state index contributed by atoms with van der Waals surface area (Å²) in [5.74, 6) is -1.26. The molecule has 0 saturated carbocycles. The number of aromatic hydroxyl groups is 1. The molecule has 0 spiro atoms. The Balaban J connectivity index is 1.61. The molecule has 0 aliphatic carbocycles. The van der Waals surface area contributed by atoms with Crippen LogP contribution in [-0.4, -0.2) is 78.4 Å². The minimum absolute atomic E-state index is 0.0303. The third-order valence-corrected chi connectivity index (χ3v) is 6.96. The molecule has 1 aliphatic heterocycles. The zero-order chi connectivity index (χ0) is 26.1. The van der Waals surface area contributed by atoms with Crippen molar-refractivity contribution in [2.45, 2.75) is 24.9 Å². The molecule has 13 heteroatoms. The summed E-state index contributed by atoms with van der Waals surface area (Å²) in [4.78, 5) is 36.6. The molecule has 1 fully saturated rings. The van der Waals surface area contributed by atoms with Gasteiger partial charge in [0.15, 0.2) is 0 Å². The molecule has 1 aliphatic rings. The highest BCUT2D eigenvalue weighted by molar-refractivity contribution is 7.80. The molecule has 0 radical (unpaired) electrons. The summed E-state index contributed by atoms with van der Waals surface area (Å²) in [6, 6.07) is 5.42. The summed E-state index contributed by atoms with van der Waals surface area (Å²) in [6.45, 7) is 0.0303. The van der Waals surface area contributed by atoms with Crippen LogP contribution < -0.4 is 14.9 Å². The first-order chi connectivity index (χ1) is 17.1. The van der Waals surface area contributed by atoms with E-state index < -0.39 is 35.2 Å². The number of phenolic OH excluding ortho intramolecular Hbond substituents is 1. The summed E-state index contributed by atoms with van der Waals surface area (Å²) in [5, 5.41) is 21.6. The number of phenols is 1. The maximum Gasteiger partial charge on any atom is 0.326 e. The van der Waals surface area contributed by atoms with Gasteiger partial charge >= 0.3 is 5.97 Å². The predicted octanol–water partition coefficient (Wildman–Crippen LogP) is 0.881. The number of nitrogens with zero attached hydrogens (tertiary/aromatic N) is 5. The van der Waals surface area contributed by atoms with Gasteiger partial charge in [-0.2, -0.15) is 0 Å². The number of rotatable bonds is 8. The highest BCUT2D eigenvalue weighted by Gasteiger charge is 2.42. The van der Waals surface area contributed by atoms with Gasteiger partial charge in [0.1, 0.15) is 29.5 Å². The summed E-state index contributed by atoms with van der Waals surface area (Å²) in [5.41, 5.74) is 6.35. The van der Waals surface area contributed by atoms with Gasteiger partial charge < -0.3 is 30.3 Å². The number of anilines is 3. The summed E-state index contributed by atoms with van der Waals surface area (Å²) >= 11 is -2.80. The van der Waals surface area contributed by atoms with E-state index in [0.29, 0.717) is 22.2 Å². The van der Waals surface area contributed by atoms with Crippen molar-refractivity contribution in [3.05, 3.63) is 48.3 Å². The van der Waals surface area contributed by atoms with Crippen molar-refractivity contribution in [1.82, 2.24) is 14.9 Å². The number of hydrogen-bond donors (Lipinski definition) is 3. The highest BCUT2D eigenvalue weighted by atomic mass is 32.2. The standard InChI is InChI=1S/C23H26N6O6S/c1-27(2)20-4-3-15(12-26-20)29(36(34)35)17-6-8-28(22(17)31)18(23(32)33)10-14-9-13-5-7-25-21(24)16(13)11-19(14)30/h3-5,7,9,11-12,17-18,30H,6,8,10H2,1-2H3,(H2,24,25)(H,32,33)(H,34,35)/p-1/t17-,18+/m0/s1. The third kappa shape index (κ3) is 4.75. The van der Waals surface area contributed by atoms with Gasteiger partial charge in [-0.25, -0.2) is 14.8 Å². The fraction of sp³-hybridized carbons (Fsp3) is 0.304. The topological polar surface area (TPSA) is 176 Å². The molecule has 3 heterocycles. The molecular weight excluding hydrogens is 488 g/mol. The Bertz CT molecular complexity index is 1330. The molecule has 0 bridgehead atoms.